The Morgan fingerprint density at radius 1 is 1.09 bits per heavy atom. The minimum absolute atomic E-state index is 0.224. The number of rotatable bonds is 1. The van der Waals surface area contributed by atoms with Gasteiger partial charge in [0.1, 0.15) is 0 Å². The Labute approximate surface area is 133 Å². The summed E-state index contributed by atoms with van der Waals surface area (Å²) in [4.78, 5) is 27.5. The molecule has 1 aromatic heterocycles. The van der Waals surface area contributed by atoms with Crippen molar-refractivity contribution in [3.8, 4) is 0 Å². The summed E-state index contributed by atoms with van der Waals surface area (Å²) < 4.78 is 11.0. The summed E-state index contributed by atoms with van der Waals surface area (Å²) in [6.07, 6.45) is 2.94. The number of carbonyl (C=O) groups is 2. The van der Waals surface area contributed by atoms with Crippen LogP contribution in [-0.4, -0.2) is 59.6 Å². The molecule has 0 aromatic carbocycles. The number of likely N-dealkylation sites (N-methyl/N-ethyl adjacent to an activating group) is 1. The van der Waals surface area contributed by atoms with Crippen LogP contribution in [-0.2, 0) is 19.1 Å². The minimum Gasteiger partial charge on any atom is -0.399 e. The largest absolute Gasteiger partial charge is 0.399 e. The molecule has 0 radical (unpaired) electrons. The maximum Gasteiger partial charge on any atom is 0.357 e. The van der Waals surface area contributed by atoms with E-state index in [1.165, 1.54) is 0 Å². The first-order chi connectivity index (χ1) is 11.0. The van der Waals surface area contributed by atoms with E-state index in [1.54, 1.807) is 11.0 Å². The normalized spacial score (nSPS) is 21.6. The fraction of sp³-hybridized carbons (Fsp3) is 0.467. The lowest BCUT2D eigenvalue weighted by Gasteiger charge is -2.40. The number of hydrogen-bond acceptors (Lipinski definition) is 8. The summed E-state index contributed by atoms with van der Waals surface area (Å²) in [5.41, 5.74) is 0.770. The van der Waals surface area contributed by atoms with Crippen LogP contribution in [0.4, 0.5) is 5.82 Å². The highest BCUT2D eigenvalue weighted by Gasteiger charge is 2.48. The molecule has 0 amide bonds. The van der Waals surface area contributed by atoms with Gasteiger partial charge in [-0.05, 0) is 39.1 Å². The lowest BCUT2D eigenvalue weighted by molar-refractivity contribution is -0.223. The molecule has 0 saturated carbocycles. The fourth-order valence-electron chi connectivity index (χ4n) is 2.71. The molecule has 0 bridgehead atoms. The van der Waals surface area contributed by atoms with Gasteiger partial charge in [0.15, 0.2) is 5.82 Å². The summed E-state index contributed by atoms with van der Waals surface area (Å²) in [5.74, 6) is -2.31. The van der Waals surface area contributed by atoms with Crippen molar-refractivity contribution in [1.82, 2.24) is 15.1 Å². The molecular formula is C15H18N4O4. The maximum absolute atomic E-state index is 11.9. The van der Waals surface area contributed by atoms with Crippen LogP contribution < -0.4 is 4.90 Å². The van der Waals surface area contributed by atoms with E-state index in [2.05, 4.69) is 10.2 Å². The Balaban J connectivity index is 2.04. The second kappa shape index (κ2) is 5.96. The Hall–Kier alpha value is -2.48. The molecule has 2 aliphatic rings. The lowest BCUT2D eigenvalue weighted by atomic mass is 10.3. The van der Waals surface area contributed by atoms with Crippen LogP contribution in [0.25, 0.3) is 0 Å². The van der Waals surface area contributed by atoms with E-state index >= 15 is 0 Å². The number of hydrogen-bond donors (Lipinski definition) is 0. The number of nitrogens with zero attached hydrogens (tertiary/aromatic N) is 4. The number of anilines is 1. The van der Waals surface area contributed by atoms with Gasteiger partial charge < -0.3 is 9.47 Å². The molecule has 0 aliphatic carbocycles. The molecule has 2 aliphatic heterocycles. The number of aromatic nitrogens is 2. The molecule has 3 rings (SSSR count). The predicted octanol–water partition coefficient (Wildman–Crippen LogP) is 0.237. The van der Waals surface area contributed by atoms with Crippen molar-refractivity contribution >= 4 is 17.8 Å². The van der Waals surface area contributed by atoms with E-state index < -0.39 is 17.8 Å². The summed E-state index contributed by atoms with van der Waals surface area (Å²) in [6.45, 7) is 3.35. The quantitative estimate of drug-likeness (QED) is 0.681. The van der Waals surface area contributed by atoms with Crippen molar-refractivity contribution in [3.63, 3.8) is 0 Å². The Bertz CT molecular complexity index is 623. The van der Waals surface area contributed by atoms with Crippen molar-refractivity contribution in [1.29, 1.82) is 0 Å². The Kier molecular flexibility index (Phi) is 3.99. The first-order valence-electron chi connectivity index (χ1n) is 7.39. The van der Waals surface area contributed by atoms with Gasteiger partial charge in [0.2, 0.25) is 0 Å². The molecule has 8 nitrogen and oxygen atoms in total. The highest BCUT2D eigenvalue weighted by Crippen LogP contribution is 2.30. The van der Waals surface area contributed by atoms with Gasteiger partial charge in [-0.15, -0.1) is 5.10 Å². The third kappa shape index (κ3) is 3.16. The van der Waals surface area contributed by atoms with E-state index in [0.717, 1.165) is 30.8 Å². The number of carbonyl (C=O) groups excluding carboxylic acids is 2. The van der Waals surface area contributed by atoms with Crippen LogP contribution in [0, 0.1) is 6.92 Å². The fourth-order valence-corrected chi connectivity index (χ4v) is 2.71. The van der Waals surface area contributed by atoms with Gasteiger partial charge in [0, 0.05) is 18.7 Å². The topological polar surface area (TPSA) is 84.9 Å². The van der Waals surface area contributed by atoms with Crippen LogP contribution in [0.2, 0.25) is 0 Å². The lowest BCUT2D eigenvalue weighted by Crippen LogP contribution is -2.59. The van der Waals surface area contributed by atoms with E-state index in [0.29, 0.717) is 12.4 Å². The van der Waals surface area contributed by atoms with Crippen LogP contribution in [0.15, 0.2) is 24.3 Å². The van der Waals surface area contributed by atoms with Crippen molar-refractivity contribution in [2.75, 3.05) is 31.6 Å². The van der Waals surface area contributed by atoms with Crippen molar-refractivity contribution in [3.05, 3.63) is 30.0 Å². The molecule has 122 valence electrons. The van der Waals surface area contributed by atoms with E-state index in [4.69, 9.17) is 9.47 Å². The van der Waals surface area contributed by atoms with Crippen LogP contribution in [0.5, 0.6) is 0 Å². The van der Waals surface area contributed by atoms with Crippen molar-refractivity contribution in [2.45, 2.75) is 19.3 Å². The van der Waals surface area contributed by atoms with E-state index in [-0.39, 0.29) is 6.54 Å². The van der Waals surface area contributed by atoms with Gasteiger partial charge >= 0.3 is 17.8 Å². The highest BCUT2D eigenvalue weighted by molar-refractivity contribution is 5.93. The van der Waals surface area contributed by atoms with E-state index in [1.807, 2.05) is 24.9 Å². The summed E-state index contributed by atoms with van der Waals surface area (Å²) in [6, 6.07) is 3.58. The van der Waals surface area contributed by atoms with E-state index in [9.17, 15) is 9.59 Å². The van der Waals surface area contributed by atoms with Crippen molar-refractivity contribution < 1.29 is 19.1 Å². The first kappa shape index (κ1) is 15.4. The molecule has 0 N–H and O–H groups in total. The molecule has 1 fully saturated rings. The standard InChI is InChI=1S/C15H18N4O4/c1-11-4-5-12(17-16-11)19-9-3-8-18(2)10-15(19)22-13(20)6-7-14(21)23-15/h4-7H,3,8-10H2,1-2H3. The first-order valence-corrected chi connectivity index (χ1v) is 7.39. The van der Waals surface area contributed by atoms with Crippen LogP contribution in [0.3, 0.4) is 0 Å². The average Bonchev–Trinajstić information content (AvgIpc) is 2.73. The Morgan fingerprint density at radius 2 is 1.78 bits per heavy atom. The third-order valence-corrected chi connectivity index (χ3v) is 3.74. The number of aryl methyl sites for hydroxylation is 1. The summed E-state index contributed by atoms with van der Waals surface area (Å²) >= 11 is 0. The maximum atomic E-state index is 11.9. The highest BCUT2D eigenvalue weighted by atomic mass is 16.8. The Morgan fingerprint density at radius 3 is 2.39 bits per heavy atom. The monoisotopic (exact) mass is 318 g/mol. The SMILES string of the molecule is Cc1ccc(N2CCCN(C)CC23OC(=O)C=CC(=O)O3)nn1. The zero-order valence-corrected chi connectivity index (χ0v) is 13.1. The summed E-state index contributed by atoms with van der Waals surface area (Å²) in [7, 11) is 1.88. The molecule has 1 spiro atoms. The predicted molar refractivity (Wildman–Crippen MR) is 80.3 cm³/mol. The molecular weight excluding hydrogens is 300 g/mol. The van der Waals surface area contributed by atoms with Crippen LogP contribution in [0.1, 0.15) is 12.1 Å². The van der Waals surface area contributed by atoms with Gasteiger partial charge in [-0.1, -0.05) is 0 Å². The molecule has 0 unspecified atom stereocenters. The second-order valence-electron chi connectivity index (χ2n) is 5.66. The molecule has 1 saturated heterocycles. The van der Waals surface area contributed by atoms with Gasteiger partial charge in [-0.3, -0.25) is 9.80 Å². The molecule has 0 atom stereocenters. The van der Waals surface area contributed by atoms with Gasteiger partial charge in [0.05, 0.1) is 12.2 Å². The molecule has 8 heteroatoms. The number of ether oxygens (including phenoxy) is 2. The molecule has 23 heavy (non-hydrogen) atoms. The second-order valence-corrected chi connectivity index (χ2v) is 5.66. The van der Waals surface area contributed by atoms with Crippen molar-refractivity contribution in [2.24, 2.45) is 0 Å². The van der Waals surface area contributed by atoms with Crippen LogP contribution >= 0.6 is 0 Å². The average molecular weight is 318 g/mol. The molecule has 1 aromatic rings. The zero-order valence-electron chi connectivity index (χ0n) is 13.1. The van der Waals surface area contributed by atoms with Gasteiger partial charge in [0.25, 0.3) is 0 Å². The number of esters is 2. The molecule has 3 heterocycles. The minimum atomic E-state index is -1.55. The third-order valence-electron chi connectivity index (χ3n) is 3.74. The summed E-state index contributed by atoms with van der Waals surface area (Å²) in [5, 5.41) is 8.19. The van der Waals surface area contributed by atoms with Gasteiger partial charge in [-0.2, -0.15) is 5.10 Å². The smallest absolute Gasteiger partial charge is 0.357 e. The van der Waals surface area contributed by atoms with Gasteiger partial charge in [-0.25, -0.2) is 9.59 Å². The zero-order chi connectivity index (χ0) is 16.4.